The number of benzene rings is 1. The predicted octanol–water partition coefficient (Wildman–Crippen LogP) is 4.20. The van der Waals surface area contributed by atoms with E-state index >= 15 is 0 Å². The molecule has 0 radical (unpaired) electrons. The third-order valence-corrected chi connectivity index (χ3v) is 5.25. The highest BCUT2D eigenvalue weighted by atomic mass is 79.9. The van der Waals surface area contributed by atoms with Crippen LogP contribution in [0.5, 0.6) is 0 Å². The van der Waals surface area contributed by atoms with Gasteiger partial charge in [-0.2, -0.15) is 0 Å². The van der Waals surface area contributed by atoms with Crippen molar-refractivity contribution in [2.45, 2.75) is 38.8 Å². The highest BCUT2D eigenvalue weighted by Gasteiger charge is 2.58. The average molecular weight is 328 g/mol. The van der Waals surface area contributed by atoms with E-state index in [0.717, 1.165) is 23.9 Å². The summed E-state index contributed by atoms with van der Waals surface area (Å²) >= 11 is 3.42. The van der Waals surface area contributed by atoms with Crippen LogP contribution >= 0.6 is 15.9 Å². The molecule has 19 heavy (non-hydrogen) atoms. The maximum absolute atomic E-state index is 13.9. The molecule has 0 bridgehead atoms. The molecular weight excluding hydrogens is 309 g/mol. The average Bonchev–Trinajstić information content (AvgIpc) is 2.38. The lowest BCUT2D eigenvalue weighted by Crippen LogP contribution is -2.67. The lowest BCUT2D eigenvalue weighted by atomic mass is 9.55. The Morgan fingerprint density at radius 2 is 2.21 bits per heavy atom. The van der Waals surface area contributed by atoms with E-state index < -0.39 is 0 Å². The fraction of sp³-hybridized carbons (Fsp3) is 0.600. The molecule has 2 fully saturated rings. The Morgan fingerprint density at radius 3 is 2.95 bits per heavy atom. The van der Waals surface area contributed by atoms with Gasteiger partial charge in [-0.1, -0.05) is 19.9 Å². The van der Waals surface area contributed by atoms with Gasteiger partial charge in [0.2, 0.25) is 0 Å². The summed E-state index contributed by atoms with van der Waals surface area (Å²) in [5.41, 5.74) is 0.622. The van der Waals surface area contributed by atoms with Crippen molar-refractivity contribution < 1.29 is 9.13 Å². The normalized spacial score (nSPS) is 32.3. The Morgan fingerprint density at radius 1 is 1.42 bits per heavy atom. The third kappa shape index (κ3) is 2.09. The van der Waals surface area contributed by atoms with Crippen molar-refractivity contribution in [1.82, 2.24) is 0 Å². The topological polar surface area (TPSA) is 21.3 Å². The number of halogens is 2. The minimum Gasteiger partial charge on any atom is -0.378 e. The van der Waals surface area contributed by atoms with Gasteiger partial charge in [0.15, 0.2) is 0 Å². The first kappa shape index (κ1) is 13.4. The van der Waals surface area contributed by atoms with Crippen LogP contribution < -0.4 is 5.32 Å². The van der Waals surface area contributed by atoms with Crippen molar-refractivity contribution in [3.8, 4) is 0 Å². The summed E-state index contributed by atoms with van der Waals surface area (Å²) in [4.78, 5) is 0. The van der Waals surface area contributed by atoms with E-state index in [2.05, 4.69) is 35.1 Å². The van der Waals surface area contributed by atoms with Crippen molar-refractivity contribution in [3.63, 3.8) is 0 Å². The zero-order valence-corrected chi connectivity index (χ0v) is 12.8. The standard InChI is InChI=1S/C15H19BrFNO/c1-15(2)13(9-5-4-8-19-14(9)15)18-12-10(16)6-3-7-11(12)17/h3,6-7,9,13-14,18H,4-5,8H2,1-2H3. The fourth-order valence-electron chi connectivity index (χ4n) is 3.61. The summed E-state index contributed by atoms with van der Waals surface area (Å²) in [5, 5.41) is 3.40. The van der Waals surface area contributed by atoms with Crippen LogP contribution in [0, 0.1) is 17.2 Å². The first-order chi connectivity index (χ1) is 9.01. The molecule has 1 saturated carbocycles. The van der Waals surface area contributed by atoms with E-state index in [0.29, 0.717) is 17.7 Å². The molecule has 1 aromatic rings. The quantitative estimate of drug-likeness (QED) is 0.878. The SMILES string of the molecule is CC1(C)C(Nc2c(F)cccc2Br)C2CCCOC21. The Balaban J connectivity index is 1.83. The second-order valence-corrected chi connectivity index (χ2v) is 6.99. The molecule has 1 saturated heterocycles. The smallest absolute Gasteiger partial charge is 0.147 e. The Hall–Kier alpha value is -0.610. The molecule has 1 heterocycles. The summed E-state index contributed by atoms with van der Waals surface area (Å²) in [6.07, 6.45) is 2.58. The first-order valence-corrected chi connectivity index (χ1v) is 7.63. The van der Waals surface area contributed by atoms with E-state index in [9.17, 15) is 4.39 Å². The molecule has 3 rings (SSSR count). The lowest BCUT2D eigenvalue weighted by Gasteiger charge is -2.60. The molecule has 0 amide bonds. The first-order valence-electron chi connectivity index (χ1n) is 6.84. The van der Waals surface area contributed by atoms with Crippen LogP contribution in [0.2, 0.25) is 0 Å². The molecule has 3 unspecified atom stereocenters. The van der Waals surface area contributed by atoms with E-state index in [-0.39, 0.29) is 17.3 Å². The minimum absolute atomic E-state index is 0.0484. The number of nitrogens with one attached hydrogen (secondary N) is 1. The molecule has 0 aromatic heterocycles. The van der Waals surface area contributed by atoms with Gasteiger partial charge in [-0.05, 0) is 40.9 Å². The molecule has 2 aliphatic rings. The van der Waals surface area contributed by atoms with Crippen molar-refractivity contribution in [2.24, 2.45) is 11.3 Å². The number of para-hydroxylation sites is 1. The van der Waals surface area contributed by atoms with Gasteiger partial charge in [0.25, 0.3) is 0 Å². The second-order valence-electron chi connectivity index (χ2n) is 6.14. The van der Waals surface area contributed by atoms with Gasteiger partial charge in [-0.3, -0.25) is 0 Å². The van der Waals surface area contributed by atoms with Crippen LogP contribution in [0.4, 0.5) is 10.1 Å². The fourth-order valence-corrected chi connectivity index (χ4v) is 4.06. The molecule has 4 heteroatoms. The number of anilines is 1. The molecule has 1 aromatic carbocycles. The number of ether oxygens (including phenoxy) is 1. The highest BCUT2D eigenvalue weighted by molar-refractivity contribution is 9.10. The molecule has 1 aliphatic heterocycles. The molecule has 3 atom stereocenters. The van der Waals surface area contributed by atoms with Crippen molar-refractivity contribution >= 4 is 21.6 Å². The van der Waals surface area contributed by atoms with Crippen molar-refractivity contribution in [1.29, 1.82) is 0 Å². The second kappa shape index (κ2) is 4.74. The van der Waals surface area contributed by atoms with Crippen LogP contribution in [0.3, 0.4) is 0 Å². The minimum atomic E-state index is -0.203. The maximum atomic E-state index is 13.9. The van der Waals surface area contributed by atoms with Crippen molar-refractivity contribution in [2.75, 3.05) is 11.9 Å². The number of hydrogen-bond donors (Lipinski definition) is 1. The summed E-state index contributed by atoms with van der Waals surface area (Å²) in [6, 6.07) is 5.34. The summed E-state index contributed by atoms with van der Waals surface area (Å²) in [5.74, 6) is 0.292. The molecular formula is C15H19BrFNO. The summed E-state index contributed by atoms with van der Waals surface area (Å²) in [6.45, 7) is 5.26. The van der Waals surface area contributed by atoms with Gasteiger partial charge in [0.05, 0.1) is 11.8 Å². The van der Waals surface area contributed by atoms with E-state index in [4.69, 9.17) is 4.74 Å². The van der Waals surface area contributed by atoms with Crippen LogP contribution in [-0.4, -0.2) is 18.8 Å². The van der Waals surface area contributed by atoms with Gasteiger partial charge in [-0.15, -0.1) is 0 Å². The number of rotatable bonds is 2. The molecule has 104 valence electrons. The summed E-state index contributed by atoms with van der Waals surface area (Å²) < 4.78 is 20.6. The van der Waals surface area contributed by atoms with Crippen LogP contribution in [0.1, 0.15) is 26.7 Å². The zero-order valence-electron chi connectivity index (χ0n) is 11.2. The number of hydrogen-bond acceptors (Lipinski definition) is 2. The van der Waals surface area contributed by atoms with Crippen LogP contribution in [0.15, 0.2) is 22.7 Å². The zero-order chi connectivity index (χ0) is 13.6. The van der Waals surface area contributed by atoms with E-state index in [1.54, 1.807) is 6.07 Å². The Kier molecular flexibility index (Phi) is 3.34. The largest absolute Gasteiger partial charge is 0.378 e. The predicted molar refractivity (Wildman–Crippen MR) is 77.8 cm³/mol. The van der Waals surface area contributed by atoms with Gasteiger partial charge in [0, 0.05) is 28.5 Å². The van der Waals surface area contributed by atoms with Gasteiger partial charge >= 0.3 is 0 Å². The molecule has 1 aliphatic carbocycles. The lowest BCUT2D eigenvalue weighted by molar-refractivity contribution is -0.177. The highest BCUT2D eigenvalue weighted by Crippen LogP contribution is 2.52. The van der Waals surface area contributed by atoms with Crippen molar-refractivity contribution in [3.05, 3.63) is 28.5 Å². The molecule has 2 nitrogen and oxygen atoms in total. The van der Waals surface area contributed by atoms with E-state index in [1.165, 1.54) is 6.07 Å². The van der Waals surface area contributed by atoms with Crippen LogP contribution in [0.25, 0.3) is 0 Å². The Labute approximate surface area is 121 Å². The monoisotopic (exact) mass is 327 g/mol. The summed E-state index contributed by atoms with van der Waals surface area (Å²) in [7, 11) is 0. The third-order valence-electron chi connectivity index (χ3n) is 4.59. The maximum Gasteiger partial charge on any atom is 0.147 e. The van der Waals surface area contributed by atoms with Crippen LogP contribution in [-0.2, 0) is 4.74 Å². The molecule has 0 spiro atoms. The van der Waals surface area contributed by atoms with E-state index in [1.807, 2.05) is 6.07 Å². The van der Waals surface area contributed by atoms with Gasteiger partial charge < -0.3 is 10.1 Å². The van der Waals surface area contributed by atoms with Gasteiger partial charge in [-0.25, -0.2) is 4.39 Å². The Bertz CT molecular complexity index is 471. The molecule has 1 N–H and O–H groups in total. The van der Waals surface area contributed by atoms with Gasteiger partial charge in [0.1, 0.15) is 5.82 Å². The number of fused-ring (bicyclic) bond motifs is 1.